The van der Waals surface area contributed by atoms with Crippen molar-refractivity contribution in [2.24, 2.45) is 5.73 Å². The average Bonchev–Trinajstić information content (AvgIpc) is 2.56. The van der Waals surface area contributed by atoms with E-state index in [-0.39, 0.29) is 18.1 Å². The van der Waals surface area contributed by atoms with Gasteiger partial charge in [-0.25, -0.2) is 0 Å². The SMILES string of the molecule is CNC1(C(N)=O)CCC(OC2COC2)C1. The molecule has 1 aliphatic carbocycles. The average molecular weight is 214 g/mol. The number of amides is 1. The van der Waals surface area contributed by atoms with Crippen molar-refractivity contribution in [2.75, 3.05) is 20.3 Å². The van der Waals surface area contributed by atoms with Crippen LogP contribution in [-0.2, 0) is 14.3 Å². The lowest BCUT2D eigenvalue weighted by molar-refractivity contribution is -0.154. The van der Waals surface area contributed by atoms with E-state index in [1.54, 1.807) is 7.05 Å². The topological polar surface area (TPSA) is 73.6 Å². The van der Waals surface area contributed by atoms with Crippen LogP contribution in [0.25, 0.3) is 0 Å². The quantitative estimate of drug-likeness (QED) is 0.655. The molecule has 1 amide bonds. The summed E-state index contributed by atoms with van der Waals surface area (Å²) in [5.74, 6) is -0.277. The molecule has 0 spiro atoms. The Morgan fingerprint density at radius 2 is 2.27 bits per heavy atom. The van der Waals surface area contributed by atoms with Crippen molar-refractivity contribution in [3.63, 3.8) is 0 Å². The fourth-order valence-corrected chi connectivity index (χ4v) is 2.26. The molecule has 0 aromatic rings. The van der Waals surface area contributed by atoms with E-state index in [4.69, 9.17) is 15.2 Å². The maximum atomic E-state index is 11.3. The second kappa shape index (κ2) is 4.08. The standard InChI is InChI=1S/C10H18N2O3/c1-12-10(9(11)13)3-2-7(4-10)15-8-5-14-6-8/h7-8,12H,2-6H2,1H3,(H2,11,13). The van der Waals surface area contributed by atoms with E-state index < -0.39 is 5.54 Å². The molecule has 1 aliphatic heterocycles. The molecule has 2 rings (SSSR count). The summed E-state index contributed by atoms with van der Waals surface area (Å²) in [4.78, 5) is 11.3. The Balaban J connectivity index is 1.89. The number of hydrogen-bond acceptors (Lipinski definition) is 4. The summed E-state index contributed by atoms with van der Waals surface area (Å²) < 4.78 is 10.8. The Hall–Kier alpha value is -0.650. The molecule has 0 aromatic carbocycles. The first-order valence-electron chi connectivity index (χ1n) is 5.38. The Morgan fingerprint density at radius 3 is 2.67 bits per heavy atom. The van der Waals surface area contributed by atoms with Crippen LogP contribution in [0.5, 0.6) is 0 Å². The van der Waals surface area contributed by atoms with Crippen molar-refractivity contribution < 1.29 is 14.3 Å². The van der Waals surface area contributed by atoms with Crippen molar-refractivity contribution in [3.05, 3.63) is 0 Å². The van der Waals surface area contributed by atoms with Gasteiger partial charge in [0.05, 0.1) is 24.9 Å². The predicted octanol–water partition coefficient (Wildman–Crippen LogP) is -0.602. The Morgan fingerprint density at radius 1 is 1.53 bits per heavy atom. The number of ether oxygens (including phenoxy) is 2. The van der Waals surface area contributed by atoms with Crippen molar-refractivity contribution in [3.8, 4) is 0 Å². The third-order valence-electron chi connectivity index (χ3n) is 3.41. The van der Waals surface area contributed by atoms with Gasteiger partial charge in [0.15, 0.2) is 0 Å². The number of rotatable bonds is 4. The van der Waals surface area contributed by atoms with Crippen LogP contribution in [0.15, 0.2) is 0 Å². The van der Waals surface area contributed by atoms with E-state index in [0.717, 1.165) is 12.8 Å². The molecule has 1 saturated carbocycles. The molecule has 0 aromatic heterocycles. The minimum atomic E-state index is -0.560. The van der Waals surface area contributed by atoms with Crippen LogP contribution < -0.4 is 11.1 Å². The maximum absolute atomic E-state index is 11.3. The van der Waals surface area contributed by atoms with Gasteiger partial charge in [0.25, 0.3) is 0 Å². The summed E-state index contributed by atoms with van der Waals surface area (Å²) in [6.07, 6.45) is 2.68. The zero-order valence-electron chi connectivity index (χ0n) is 8.99. The Labute approximate surface area is 89.3 Å². The fraction of sp³-hybridized carbons (Fsp3) is 0.900. The number of likely N-dealkylation sites (N-methyl/N-ethyl adjacent to an activating group) is 1. The zero-order valence-corrected chi connectivity index (χ0v) is 8.99. The van der Waals surface area contributed by atoms with Crippen molar-refractivity contribution >= 4 is 5.91 Å². The summed E-state index contributed by atoms with van der Waals surface area (Å²) >= 11 is 0. The molecule has 1 heterocycles. The number of carbonyl (C=O) groups excluding carboxylic acids is 1. The third-order valence-corrected chi connectivity index (χ3v) is 3.41. The molecule has 3 N–H and O–H groups in total. The molecular weight excluding hydrogens is 196 g/mol. The molecule has 15 heavy (non-hydrogen) atoms. The van der Waals surface area contributed by atoms with Gasteiger partial charge in [0, 0.05) is 6.42 Å². The van der Waals surface area contributed by atoms with Gasteiger partial charge in [-0.1, -0.05) is 0 Å². The van der Waals surface area contributed by atoms with E-state index in [2.05, 4.69) is 5.32 Å². The number of nitrogens with one attached hydrogen (secondary N) is 1. The molecule has 1 saturated heterocycles. The Bertz CT molecular complexity index is 255. The molecule has 0 radical (unpaired) electrons. The minimum Gasteiger partial charge on any atom is -0.376 e. The van der Waals surface area contributed by atoms with E-state index in [1.807, 2.05) is 0 Å². The fourth-order valence-electron chi connectivity index (χ4n) is 2.26. The van der Waals surface area contributed by atoms with Crippen LogP contribution in [0.3, 0.4) is 0 Å². The van der Waals surface area contributed by atoms with Gasteiger partial charge in [-0.2, -0.15) is 0 Å². The van der Waals surface area contributed by atoms with Gasteiger partial charge < -0.3 is 20.5 Å². The van der Waals surface area contributed by atoms with Gasteiger partial charge >= 0.3 is 0 Å². The highest BCUT2D eigenvalue weighted by molar-refractivity contribution is 5.85. The van der Waals surface area contributed by atoms with Crippen LogP contribution in [0, 0.1) is 0 Å². The van der Waals surface area contributed by atoms with Gasteiger partial charge in [0.1, 0.15) is 6.10 Å². The highest BCUT2D eigenvalue weighted by Gasteiger charge is 2.44. The summed E-state index contributed by atoms with van der Waals surface area (Å²) in [5, 5.41) is 3.03. The molecule has 2 aliphatic rings. The molecule has 5 nitrogen and oxygen atoms in total. The van der Waals surface area contributed by atoms with Gasteiger partial charge in [-0.15, -0.1) is 0 Å². The first kappa shape index (κ1) is 10.9. The highest BCUT2D eigenvalue weighted by atomic mass is 16.6. The van der Waals surface area contributed by atoms with Crippen molar-refractivity contribution in [1.82, 2.24) is 5.32 Å². The molecule has 2 fully saturated rings. The second-order valence-corrected chi connectivity index (χ2v) is 4.36. The second-order valence-electron chi connectivity index (χ2n) is 4.36. The minimum absolute atomic E-state index is 0.138. The van der Waals surface area contributed by atoms with Gasteiger partial charge in [-0.3, -0.25) is 4.79 Å². The van der Waals surface area contributed by atoms with Crippen molar-refractivity contribution in [1.29, 1.82) is 0 Å². The first-order chi connectivity index (χ1) is 7.16. The van der Waals surface area contributed by atoms with Crippen LogP contribution in [0.1, 0.15) is 19.3 Å². The van der Waals surface area contributed by atoms with Crippen LogP contribution in [-0.4, -0.2) is 43.9 Å². The monoisotopic (exact) mass is 214 g/mol. The summed E-state index contributed by atoms with van der Waals surface area (Å²) in [5.41, 5.74) is 4.84. The molecule has 2 atom stereocenters. The maximum Gasteiger partial charge on any atom is 0.237 e. The van der Waals surface area contributed by atoms with Crippen LogP contribution in [0.2, 0.25) is 0 Å². The van der Waals surface area contributed by atoms with Crippen LogP contribution >= 0.6 is 0 Å². The number of nitrogens with two attached hydrogens (primary N) is 1. The van der Waals surface area contributed by atoms with Crippen molar-refractivity contribution in [2.45, 2.75) is 37.0 Å². The van der Waals surface area contributed by atoms with Gasteiger partial charge in [0.2, 0.25) is 5.91 Å². The lowest BCUT2D eigenvalue weighted by Gasteiger charge is -2.30. The van der Waals surface area contributed by atoms with E-state index in [1.165, 1.54) is 0 Å². The molecular formula is C10H18N2O3. The number of carbonyl (C=O) groups is 1. The van der Waals surface area contributed by atoms with Gasteiger partial charge in [-0.05, 0) is 19.9 Å². The highest BCUT2D eigenvalue weighted by Crippen LogP contribution is 2.32. The number of hydrogen-bond donors (Lipinski definition) is 2. The molecule has 2 unspecified atom stereocenters. The molecule has 5 heteroatoms. The normalized spacial score (nSPS) is 36.5. The van der Waals surface area contributed by atoms with Crippen LogP contribution in [0.4, 0.5) is 0 Å². The smallest absolute Gasteiger partial charge is 0.237 e. The lowest BCUT2D eigenvalue weighted by atomic mass is 9.97. The van der Waals surface area contributed by atoms with E-state index in [0.29, 0.717) is 19.6 Å². The summed E-state index contributed by atoms with van der Waals surface area (Å²) in [6.45, 7) is 1.36. The largest absolute Gasteiger partial charge is 0.376 e. The first-order valence-corrected chi connectivity index (χ1v) is 5.38. The molecule has 86 valence electrons. The predicted molar refractivity (Wildman–Crippen MR) is 54.3 cm³/mol. The molecule has 0 bridgehead atoms. The number of primary amides is 1. The Kier molecular flexibility index (Phi) is 2.95. The van der Waals surface area contributed by atoms with E-state index >= 15 is 0 Å². The zero-order chi connectivity index (χ0) is 10.9. The van der Waals surface area contributed by atoms with E-state index in [9.17, 15) is 4.79 Å². The lowest BCUT2D eigenvalue weighted by Crippen LogP contribution is -2.52. The summed E-state index contributed by atoms with van der Waals surface area (Å²) in [7, 11) is 1.78. The summed E-state index contributed by atoms with van der Waals surface area (Å²) in [6, 6.07) is 0. The third kappa shape index (κ3) is 2.00.